The van der Waals surface area contributed by atoms with Gasteiger partial charge in [-0.1, -0.05) is 133 Å². The van der Waals surface area contributed by atoms with Crippen molar-refractivity contribution in [2.75, 3.05) is 16.8 Å². The summed E-state index contributed by atoms with van der Waals surface area (Å²) in [5.41, 5.74) is 13.9. The molecule has 0 aliphatic rings. The van der Waals surface area contributed by atoms with Gasteiger partial charge in [0.15, 0.2) is 0 Å². The van der Waals surface area contributed by atoms with Crippen LogP contribution in [0.4, 0.5) is 28.4 Å². The summed E-state index contributed by atoms with van der Waals surface area (Å²) in [5.74, 6) is 0. The minimum Gasteiger partial charge on any atom is -0.345 e. The molecule has 0 saturated carbocycles. The van der Waals surface area contributed by atoms with Gasteiger partial charge in [0.2, 0.25) is 0 Å². The number of aromatic nitrogens is 1. The topological polar surface area (TPSA) is 11.4 Å². The maximum Gasteiger partial charge on any atom is 0.0547 e. The highest BCUT2D eigenvalue weighted by Crippen LogP contribution is 2.42. The molecule has 1 aromatic heterocycles. The molecule has 0 spiro atoms. The van der Waals surface area contributed by atoms with E-state index in [-0.39, 0.29) is 0 Å². The van der Waals surface area contributed by atoms with Crippen LogP contribution in [-0.4, -0.2) is 11.6 Å². The third-order valence-electron chi connectivity index (χ3n) is 11.0. The van der Waals surface area contributed by atoms with Crippen molar-refractivity contribution in [1.82, 2.24) is 4.57 Å². The molecule has 0 unspecified atom stereocenters. The lowest BCUT2D eigenvalue weighted by Crippen LogP contribution is -2.09. The maximum atomic E-state index is 2.42. The van der Waals surface area contributed by atoms with E-state index in [2.05, 4.69) is 240 Å². The molecule has 0 aliphatic heterocycles. The van der Waals surface area contributed by atoms with Gasteiger partial charge >= 0.3 is 0 Å². The van der Waals surface area contributed by atoms with Gasteiger partial charge in [-0.05, 0) is 118 Å². The van der Waals surface area contributed by atoms with Gasteiger partial charge in [-0.2, -0.15) is 0 Å². The Hall–Kier alpha value is -7.36. The van der Waals surface area contributed by atoms with Crippen molar-refractivity contribution in [2.24, 2.45) is 0 Å². The van der Waals surface area contributed by atoms with Crippen LogP contribution in [0.25, 0.3) is 60.5 Å². The standard InChI is InChI=1S/C53H39N3/c1-54(43-16-7-3-8-17-43)44-28-21-40(22-29-44)41-23-30-46(31-24-41)55(45-18-9-4-10-19-45)48-34-36-51-50(37-48)53-49-20-12-11-15-42(49)27-35-52(53)56(51)47-32-25-39(26-33-47)38-13-5-2-6-14-38/h2-37H,1H3. The van der Waals surface area contributed by atoms with Crippen molar-refractivity contribution < 1.29 is 0 Å². The summed E-state index contributed by atoms with van der Waals surface area (Å²) < 4.78 is 2.42. The van der Waals surface area contributed by atoms with Gasteiger partial charge in [0.05, 0.1) is 11.0 Å². The number of hydrogen-bond donors (Lipinski definition) is 0. The molecule has 0 radical (unpaired) electrons. The second kappa shape index (κ2) is 14.1. The molecular formula is C53H39N3. The molecule has 3 nitrogen and oxygen atoms in total. The number of para-hydroxylation sites is 2. The lowest BCUT2D eigenvalue weighted by atomic mass is 10.0. The van der Waals surface area contributed by atoms with Gasteiger partial charge in [-0.3, -0.25) is 0 Å². The zero-order valence-corrected chi connectivity index (χ0v) is 31.1. The summed E-state index contributed by atoms with van der Waals surface area (Å²) >= 11 is 0. The average molecular weight is 718 g/mol. The predicted octanol–water partition coefficient (Wildman–Crippen LogP) is 14.5. The van der Waals surface area contributed by atoms with Gasteiger partial charge in [-0.15, -0.1) is 0 Å². The van der Waals surface area contributed by atoms with Crippen LogP contribution < -0.4 is 9.80 Å². The molecule has 0 bridgehead atoms. The Kier molecular flexibility index (Phi) is 8.38. The third-order valence-corrected chi connectivity index (χ3v) is 11.0. The molecule has 9 aromatic carbocycles. The molecule has 0 amide bonds. The van der Waals surface area contributed by atoms with Crippen molar-refractivity contribution in [3.63, 3.8) is 0 Å². The maximum absolute atomic E-state index is 2.42. The fraction of sp³-hybridized carbons (Fsp3) is 0.0189. The molecule has 0 fully saturated rings. The Morgan fingerprint density at radius 2 is 0.804 bits per heavy atom. The van der Waals surface area contributed by atoms with Crippen molar-refractivity contribution in [2.45, 2.75) is 0 Å². The van der Waals surface area contributed by atoms with Crippen molar-refractivity contribution in [1.29, 1.82) is 0 Å². The SMILES string of the molecule is CN(c1ccccc1)c1ccc(-c2ccc(N(c3ccccc3)c3ccc4c(c3)c3c5ccccc5ccc3n4-c3ccc(-c4ccccc4)cc3)cc2)cc1. The highest BCUT2D eigenvalue weighted by atomic mass is 15.1. The van der Waals surface area contributed by atoms with Gasteiger partial charge in [0, 0.05) is 51.9 Å². The van der Waals surface area contributed by atoms with E-state index >= 15 is 0 Å². The summed E-state index contributed by atoms with van der Waals surface area (Å²) in [6.07, 6.45) is 0. The second-order valence-corrected chi connectivity index (χ2v) is 14.3. The highest BCUT2D eigenvalue weighted by molar-refractivity contribution is 6.22. The van der Waals surface area contributed by atoms with Crippen molar-refractivity contribution in [3.8, 4) is 27.9 Å². The first-order valence-corrected chi connectivity index (χ1v) is 19.2. The average Bonchev–Trinajstić information content (AvgIpc) is 3.62. The molecular weight excluding hydrogens is 679 g/mol. The summed E-state index contributed by atoms with van der Waals surface area (Å²) in [5, 5.41) is 4.97. The first kappa shape index (κ1) is 33.2. The molecule has 1 heterocycles. The molecule has 266 valence electrons. The van der Waals surface area contributed by atoms with Crippen molar-refractivity contribution >= 4 is 61.0 Å². The Labute approximate surface area is 327 Å². The largest absolute Gasteiger partial charge is 0.345 e. The highest BCUT2D eigenvalue weighted by Gasteiger charge is 2.19. The third kappa shape index (κ3) is 5.96. The van der Waals surface area contributed by atoms with Gasteiger partial charge in [0.25, 0.3) is 0 Å². The normalized spacial score (nSPS) is 11.3. The fourth-order valence-electron chi connectivity index (χ4n) is 8.13. The van der Waals surface area contributed by atoms with Gasteiger partial charge < -0.3 is 14.4 Å². The smallest absolute Gasteiger partial charge is 0.0547 e. The van der Waals surface area contributed by atoms with Crippen LogP contribution in [0, 0.1) is 0 Å². The van der Waals surface area contributed by atoms with E-state index in [9.17, 15) is 0 Å². The number of fused-ring (bicyclic) bond motifs is 5. The van der Waals surface area contributed by atoms with Crippen LogP contribution in [-0.2, 0) is 0 Å². The molecule has 10 aromatic rings. The predicted molar refractivity (Wildman–Crippen MR) is 238 cm³/mol. The van der Waals surface area contributed by atoms with Crippen LogP contribution in [0.1, 0.15) is 0 Å². The van der Waals surface area contributed by atoms with E-state index in [4.69, 9.17) is 0 Å². The number of benzene rings is 9. The Morgan fingerprint density at radius 3 is 1.46 bits per heavy atom. The van der Waals surface area contributed by atoms with E-state index in [0.29, 0.717) is 0 Å². The Bertz CT molecular complexity index is 2930. The Morgan fingerprint density at radius 1 is 0.339 bits per heavy atom. The molecule has 10 rings (SSSR count). The minimum absolute atomic E-state index is 1.10. The molecule has 3 heteroatoms. The monoisotopic (exact) mass is 717 g/mol. The zero-order valence-electron chi connectivity index (χ0n) is 31.1. The van der Waals surface area contributed by atoms with E-state index in [1.54, 1.807) is 0 Å². The first-order valence-electron chi connectivity index (χ1n) is 19.2. The first-order chi connectivity index (χ1) is 27.7. The quantitative estimate of drug-likeness (QED) is 0.155. The lowest BCUT2D eigenvalue weighted by molar-refractivity contribution is 1.18. The van der Waals surface area contributed by atoms with Crippen molar-refractivity contribution in [3.05, 3.63) is 218 Å². The summed E-state index contributed by atoms with van der Waals surface area (Å²) in [4.78, 5) is 4.58. The van der Waals surface area contributed by atoms with Gasteiger partial charge in [-0.25, -0.2) is 0 Å². The lowest BCUT2D eigenvalue weighted by Gasteiger charge is -2.26. The van der Waals surface area contributed by atoms with Crippen LogP contribution in [0.2, 0.25) is 0 Å². The minimum atomic E-state index is 1.10. The molecule has 56 heavy (non-hydrogen) atoms. The summed E-state index contributed by atoms with van der Waals surface area (Å²) in [6, 6.07) is 78.6. The van der Waals surface area contributed by atoms with Crippen LogP contribution >= 0.6 is 0 Å². The zero-order chi connectivity index (χ0) is 37.4. The van der Waals surface area contributed by atoms with E-state index in [1.807, 2.05) is 0 Å². The van der Waals surface area contributed by atoms with E-state index in [1.165, 1.54) is 60.5 Å². The Balaban J connectivity index is 1.07. The number of hydrogen-bond acceptors (Lipinski definition) is 2. The van der Waals surface area contributed by atoms with Gasteiger partial charge in [0.1, 0.15) is 0 Å². The summed E-state index contributed by atoms with van der Waals surface area (Å²) in [6.45, 7) is 0. The summed E-state index contributed by atoms with van der Waals surface area (Å²) in [7, 11) is 2.11. The molecule has 0 saturated heterocycles. The van der Waals surface area contributed by atoms with E-state index < -0.39 is 0 Å². The number of anilines is 5. The molecule has 0 aliphatic carbocycles. The van der Waals surface area contributed by atoms with Crippen LogP contribution in [0.5, 0.6) is 0 Å². The molecule has 0 atom stereocenters. The van der Waals surface area contributed by atoms with E-state index in [0.717, 1.165) is 28.4 Å². The number of rotatable bonds is 8. The number of nitrogens with zero attached hydrogens (tertiary/aromatic N) is 3. The second-order valence-electron chi connectivity index (χ2n) is 14.3. The fourth-order valence-corrected chi connectivity index (χ4v) is 8.13. The van der Waals surface area contributed by atoms with Crippen LogP contribution in [0.3, 0.4) is 0 Å². The molecule has 0 N–H and O–H groups in total. The van der Waals surface area contributed by atoms with Crippen LogP contribution in [0.15, 0.2) is 218 Å².